The molecule has 1 aliphatic rings. The van der Waals surface area contributed by atoms with Gasteiger partial charge in [-0.2, -0.15) is 5.10 Å². The number of nitrogens with zero attached hydrogens (tertiary/aromatic N) is 3. The third-order valence-electron chi connectivity index (χ3n) is 4.79. The van der Waals surface area contributed by atoms with E-state index in [1.54, 1.807) is 35.1 Å². The minimum absolute atomic E-state index is 0.0109. The van der Waals surface area contributed by atoms with Gasteiger partial charge in [0.25, 0.3) is 5.91 Å². The van der Waals surface area contributed by atoms with E-state index < -0.39 is 6.03 Å². The highest BCUT2D eigenvalue weighted by atomic mass is 16.2. The maximum atomic E-state index is 12.5. The normalized spacial score (nSPS) is 13.1. The van der Waals surface area contributed by atoms with Gasteiger partial charge in [-0.25, -0.2) is 9.48 Å². The maximum absolute atomic E-state index is 12.5. The van der Waals surface area contributed by atoms with Crippen molar-refractivity contribution in [3.63, 3.8) is 0 Å². The molecule has 1 aromatic heterocycles. The van der Waals surface area contributed by atoms with E-state index in [0.29, 0.717) is 16.9 Å². The Hall–Kier alpha value is -4.47. The van der Waals surface area contributed by atoms with Crippen molar-refractivity contribution >= 4 is 35.1 Å². The average Bonchev–Trinajstić information content (AvgIpc) is 3.42. The first-order valence-electron chi connectivity index (χ1n) is 9.89. The van der Waals surface area contributed by atoms with E-state index in [2.05, 4.69) is 21.0 Å². The first-order chi connectivity index (χ1) is 15.5. The van der Waals surface area contributed by atoms with Crippen molar-refractivity contribution in [1.29, 1.82) is 0 Å². The summed E-state index contributed by atoms with van der Waals surface area (Å²) in [6, 6.07) is 15.6. The number of anilines is 2. The maximum Gasteiger partial charge on any atom is 0.324 e. The molecule has 3 aromatic rings. The Labute approximate surface area is 183 Å². The first kappa shape index (κ1) is 20.8. The molecule has 10 nitrogen and oxygen atoms in total. The molecule has 3 N–H and O–H groups in total. The van der Waals surface area contributed by atoms with Crippen LogP contribution in [0.4, 0.5) is 16.2 Å². The van der Waals surface area contributed by atoms with E-state index in [9.17, 15) is 19.2 Å². The largest absolute Gasteiger partial charge is 0.329 e. The number of imide groups is 1. The summed E-state index contributed by atoms with van der Waals surface area (Å²) in [5, 5.41) is 12.1. The summed E-state index contributed by atoms with van der Waals surface area (Å²) >= 11 is 0. The zero-order valence-corrected chi connectivity index (χ0v) is 16.9. The molecule has 32 heavy (non-hydrogen) atoms. The van der Waals surface area contributed by atoms with Crippen LogP contribution in [0.25, 0.3) is 5.69 Å². The van der Waals surface area contributed by atoms with Crippen LogP contribution in [0.1, 0.15) is 16.8 Å². The van der Waals surface area contributed by atoms with Gasteiger partial charge in [0.15, 0.2) is 0 Å². The fourth-order valence-electron chi connectivity index (χ4n) is 3.12. The molecule has 1 saturated heterocycles. The predicted molar refractivity (Wildman–Crippen MR) is 116 cm³/mol. The molecular formula is C22H20N6O4. The number of amides is 5. The minimum Gasteiger partial charge on any atom is -0.329 e. The van der Waals surface area contributed by atoms with Crippen LogP contribution in [0.5, 0.6) is 0 Å². The fourth-order valence-corrected chi connectivity index (χ4v) is 3.12. The SMILES string of the molecule is O=C(CCN1C(=O)CNC1=O)Nc1ccc(NC(=O)c2cnn(-c3ccccc3)c2)cc1. The summed E-state index contributed by atoms with van der Waals surface area (Å²) < 4.78 is 1.62. The van der Waals surface area contributed by atoms with Crippen LogP contribution < -0.4 is 16.0 Å². The average molecular weight is 432 g/mol. The number of hydrogen-bond donors (Lipinski definition) is 3. The molecule has 0 radical (unpaired) electrons. The van der Waals surface area contributed by atoms with Crippen molar-refractivity contribution in [2.45, 2.75) is 6.42 Å². The fraction of sp³-hybridized carbons (Fsp3) is 0.136. The highest BCUT2D eigenvalue weighted by molar-refractivity contribution is 6.04. The molecular weight excluding hydrogens is 412 g/mol. The Kier molecular flexibility index (Phi) is 5.93. The summed E-state index contributed by atoms with van der Waals surface area (Å²) in [7, 11) is 0. The number of rotatable bonds is 7. The van der Waals surface area contributed by atoms with Crippen LogP contribution >= 0.6 is 0 Å². The highest BCUT2D eigenvalue weighted by Gasteiger charge is 2.28. The highest BCUT2D eigenvalue weighted by Crippen LogP contribution is 2.16. The van der Waals surface area contributed by atoms with Gasteiger partial charge >= 0.3 is 6.03 Å². The number of carbonyl (C=O) groups excluding carboxylic acids is 4. The lowest BCUT2D eigenvalue weighted by Crippen LogP contribution is -2.33. The third-order valence-corrected chi connectivity index (χ3v) is 4.79. The van der Waals surface area contributed by atoms with Crippen molar-refractivity contribution in [2.24, 2.45) is 0 Å². The molecule has 4 rings (SSSR count). The zero-order valence-electron chi connectivity index (χ0n) is 16.9. The molecule has 10 heteroatoms. The van der Waals surface area contributed by atoms with Crippen LogP contribution in [0.2, 0.25) is 0 Å². The number of carbonyl (C=O) groups is 4. The lowest BCUT2D eigenvalue weighted by Gasteiger charge is -2.12. The van der Waals surface area contributed by atoms with Crippen molar-refractivity contribution in [2.75, 3.05) is 23.7 Å². The van der Waals surface area contributed by atoms with Crippen LogP contribution in [0.3, 0.4) is 0 Å². The Morgan fingerprint density at radius 1 is 0.969 bits per heavy atom. The van der Waals surface area contributed by atoms with Crippen molar-refractivity contribution in [1.82, 2.24) is 20.0 Å². The van der Waals surface area contributed by atoms with Crippen LogP contribution in [-0.4, -0.2) is 51.5 Å². The smallest absolute Gasteiger partial charge is 0.324 e. The summed E-state index contributed by atoms with van der Waals surface area (Å²) in [5.41, 5.74) is 2.34. The number of para-hydroxylation sites is 1. The van der Waals surface area contributed by atoms with E-state index in [4.69, 9.17) is 0 Å². The quantitative estimate of drug-likeness (QED) is 0.493. The summed E-state index contributed by atoms with van der Waals surface area (Å²) in [6.45, 7) is -0.0258. The van der Waals surface area contributed by atoms with Crippen molar-refractivity contribution in [3.05, 3.63) is 72.6 Å². The standard InChI is InChI=1S/C22H20N6O4/c29-19(10-11-27-20(30)13-23-22(27)32)25-16-6-8-17(9-7-16)26-21(31)15-12-24-28(14-15)18-4-2-1-3-5-18/h1-9,12,14H,10-11,13H2,(H,23,32)(H,25,29)(H,26,31). The van der Waals surface area contributed by atoms with Crippen LogP contribution in [-0.2, 0) is 9.59 Å². The van der Waals surface area contributed by atoms with E-state index in [0.717, 1.165) is 10.6 Å². The third kappa shape index (κ3) is 4.81. The number of urea groups is 1. The lowest BCUT2D eigenvalue weighted by molar-refractivity contribution is -0.125. The topological polar surface area (TPSA) is 125 Å². The van der Waals surface area contributed by atoms with E-state index in [1.807, 2.05) is 30.3 Å². The van der Waals surface area contributed by atoms with E-state index >= 15 is 0 Å². The molecule has 0 spiro atoms. The van der Waals surface area contributed by atoms with Crippen molar-refractivity contribution in [3.8, 4) is 5.69 Å². The predicted octanol–water partition coefficient (Wildman–Crippen LogP) is 2.00. The second kappa shape index (κ2) is 9.13. The second-order valence-electron chi connectivity index (χ2n) is 7.04. The van der Waals surface area contributed by atoms with Gasteiger partial charge in [-0.15, -0.1) is 0 Å². The van der Waals surface area contributed by atoms with Gasteiger partial charge in [0.1, 0.15) is 0 Å². The Morgan fingerprint density at radius 2 is 1.66 bits per heavy atom. The van der Waals surface area contributed by atoms with Gasteiger partial charge in [0.05, 0.1) is 24.0 Å². The van der Waals surface area contributed by atoms with Gasteiger partial charge in [0, 0.05) is 30.5 Å². The molecule has 0 atom stereocenters. The number of hydrogen-bond acceptors (Lipinski definition) is 5. The number of benzene rings is 2. The lowest BCUT2D eigenvalue weighted by atomic mass is 10.2. The van der Waals surface area contributed by atoms with E-state index in [-0.39, 0.29) is 37.2 Å². The molecule has 2 aromatic carbocycles. The number of aromatic nitrogens is 2. The summed E-state index contributed by atoms with van der Waals surface area (Å²) in [5.74, 6) is -0.989. The monoisotopic (exact) mass is 432 g/mol. The van der Waals surface area contributed by atoms with Gasteiger partial charge in [-0.1, -0.05) is 18.2 Å². The first-order valence-corrected chi connectivity index (χ1v) is 9.89. The second-order valence-corrected chi connectivity index (χ2v) is 7.04. The van der Waals surface area contributed by atoms with Gasteiger partial charge < -0.3 is 16.0 Å². The van der Waals surface area contributed by atoms with Gasteiger partial charge in [0.2, 0.25) is 11.8 Å². The zero-order chi connectivity index (χ0) is 22.5. The van der Waals surface area contributed by atoms with Crippen LogP contribution in [0, 0.1) is 0 Å². The Balaban J connectivity index is 1.29. The van der Waals surface area contributed by atoms with Gasteiger partial charge in [-0.05, 0) is 36.4 Å². The molecule has 162 valence electrons. The molecule has 0 bridgehead atoms. The molecule has 5 amide bonds. The summed E-state index contributed by atoms with van der Waals surface area (Å²) in [6.07, 6.45) is 3.12. The van der Waals surface area contributed by atoms with Crippen LogP contribution in [0.15, 0.2) is 67.0 Å². The Bertz CT molecular complexity index is 1140. The van der Waals surface area contributed by atoms with Gasteiger partial charge in [-0.3, -0.25) is 19.3 Å². The molecule has 2 heterocycles. The molecule has 1 fully saturated rings. The van der Waals surface area contributed by atoms with Crippen molar-refractivity contribution < 1.29 is 19.2 Å². The Morgan fingerprint density at radius 3 is 2.31 bits per heavy atom. The van der Waals surface area contributed by atoms with E-state index in [1.165, 1.54) is 6.20 Å². The summed E-state index contributed by atoms with van der Waals surface area (Å²) in [4.78, 5) is 48.6. The molecule has 1 aliphatic heterocycles. The molecule has 0 aliphatic carbocycles. The minimum atomic E-state index is -0.489. The molecule has 0 saturated carbocycles. The number of nitrogens with one attached hydrogen (secondary N) is 3. The molecule has 0 unspecified atom stereocenters.